The molecule has 0 fully saturated rings. The summed E-state index contributed by atoms with van der Waals surface area (Å²) in [5, 5.41) is 4.49. The van der Waals surface area contributed by atoms with Gasteiger partial charge in [0.15, 0.2) is 0 Å². The molecule has 22 heavy (non-hydrogen) atoms. The number of halogens is 2. The quantitative estimate of drug-likeness (QED) is 0.624. The van der Waals surface area contributed by atoms with Gasteiger partial charge < -0.3 is 5.32 Å². The summed E-state index contributed by atoms with van der Waals surface area (Å²) >= 11 is 12.3. The molecule has 0 unspecified atom stereocenters. The third-order valence-corrected chi connectivity index (χ3v) is 4.47. The van der Waals surface area contributed by atoms with Crippen LogP contribution in [-0.4, -0.2) is 0 Å². The molecule has 1 aromatic rings. The summed E-state index contributed by atoms with van der Waals surface area (Å²) in [7, 11) is 0. The zero-order valence-electron chi connectivity index (χ0n) is 13.0. The lowest BCUT2D eigenvalue weighted by Crippen LogP contribution is -2.13. The van der Waals surface area contributed by atoms with Crippen molar-refractivity contribution in [1.29, 1.82) is 0 Å². The maximum Gasteiger partial charge on any atom is 0.0782 e. The van der Waals surface area contributed by atoms with Crippen LogP contribution in [0.3, 0.4) is 0 Å². The van der Waals surface area contributed by atoms with E-state index in [2.05, 4.69) is 50.0 Å². The van der Waals surface area contributed by atoms with Crippen LogP contribution in [0.1, 0.15) is 43.7 Å². The highest BCUT2D eigenvalue weighted by molar-refractivity contribution is 6.40. The molecular formula is C19H21Cl2N. The number of allylic oxidation sites excluding steroid dienone is 4. The van der Waals surface area contributed by atoms with Gasteiger partial charge in [-0.3, -0.25) is 0 Å². The third-order valence-electron chi connectivity index (χ3n) is 3.56. The Kier molecular flexibility index (Phi) is 5.93. The molecule has 1 N–H and O–H groups in total. The van der Waals surface area contributed by atoms with Crippen LogP contribution in [-0.2, 0) is 0 Å². The van der Waals surface area contributed by atoms with E-state index in [1.807, 2.05) is 18.2 Å². The van der Waals surface area contributed by atoms with Crippen molar-refractivity contribution in [2.24, 2.45) is 0 Å². The van der Waals surface area contributed by atoms with Crippen LogP contribution in [0.2, 0.25) is 0 Å². The van der Waals surface area contributed by atoms with E-state index in [-0.39, 0.29) is 0 Å². The van der Waals surface area contributed by atoms with E-state index in [1.165, 1.54) is 5.56 Å². The Bertz CT molecular complexity index is 634. The smallest absolute Gasteiger partial charge is 0.0782 e. The molecule has 1 aliphatic carbocycles. The van der Waals surface area contributed by atoms with Crippen LogP contribution in [0, 0.1) is 0 Å². The molecule has 3 heteroatoms. The first kappa shape index (κ1) is 16.9. The van der Waals surface area contributed by atoms with Gasteiger partial charge in [0.1, 0.15) is 0 Å². The summed E-state index contributed by atoms with van der Waals surface area (Å²) in [6, 6.07) is 8.54. The Labute approximate surface area is 143 Å². The van der Waals surface area contributed by atoms with Gasteiger partial charge in [-0.05, 0) is 36.0 Å². The molecule has 0 radical (unpaired) electrons. The summed E-state index contributed by atoms with van der Waals surface area (Å²) in [4.78, 5) is 0. The summed E-state index contributed by atoms with van der Waals surface area (Å²) in [5.41, 5.74) is 4.10. The lowest BCUT2D eigenvalue weighted by Gasteiger charge is -2.15. The fourth-order valence-corrected chi connectivity index (χ4v) is 2.63. The predicted molar refractivity (Wildman–Crippen MR) is 97.9 cm³/mol. The molecule has 0 atom stereocenters. The molecule has 116 valence electrons. The van der Waals surface area contributed by atoms with E-state index in [0.29, 0.717) is 16.0 Å². The molecule has 0 bridgehead atoms. The van der Waals surface area contributed by atoms with Gasteiger partial charge in [0, 0.05) is 10.7 Å². The largest absolute Gasteiger partial charge is 0.355 e. The maximum atomic E-state index is 6.19. The van der Waals surface area contributed by atoms with E-state index in [1.54, 1.807) is 0 Å². The Morgan fingerprint density at radius 2 is 1.91 bits per heavy atom. The van der Waals surface area contributed by atoms with Crippen LogP contribution in [0.5, 0.6) is 0 Å². The molecule has 2 rings (SSSR count). The third kappa shape index (κ3) is 4.53. The van der Waals surface area contributed by atoms with Crippen LogP contribution < -0.4 is 5.32 Å². The first-order chi connectivity index (χ1) is 10.5. The van der Waals surface area contributed by atoms with E-state index in [0.717, 1.165) is 29.8 Å². The molecule has 1 nitrogen and oxygen atoms in total. The van der Waals surface area contributed by atoms with Crippen molar-refractivity contribution in [1.82, 2.24) is 5.32 Å². The molecule has 0 amide bonds. The summed E-state index contributed by atoms with van der Waals surface area (Å²) in [6.07, 6.45) is 7.71. The second-order valence-corrected chi connectivity index (χ2v) is 6.51. The Morgan fingerprint density at radius 1 is 1.23 bits per heavy atom. The number of hydrogen-bond acceptors (Lipinski definition) is 1. The fraction of sp³-hybridized carbons (Fsp3) is 0.263. The SMILES string of the molecule is C=C(/C=C/c1ccc(C(C)C)cc1)NC1=CCCC(Cl)=C1Cl. The standard InChI is InChI=1S/C19H21Cl2N/c1-13(2)16-11-9-15(10-12-16)8-7-14(3)22-18-6-4-5-17(20)19(18)21/h6-13,22H,3-5H2,1-2H3/b8-7+. The Hall–Kier alpha value is -1.44. The molecular weight excluding hydrogens is 313 g/mol. The van der Waals surface area contributed by atoms with E-state index < -0.39 is 0 Å². The number of nitrogens with one attached hydrogen (secondary N) is 1. The average molecular weight is 334 g/mol. The molecule has 0 aliphatic heterocycles. The van der Waals surface area contributed by atoms with Crippen LogP contribution in [0.4, 0.5) is 0 Å². The minimum Gasteiger partial charge on any atom is -0.355 e. The second kappa shape index (κ2) is 7.71. The van der Waals surface area contributed by atoms with Crippen molar-refractivity contribution in [3.05, 3.63) is 75.6 Å². The highest BCUT2D eigenvalue weighted by Gasteiger charge is 2.12. The van der Waals surface area contributed by atoms with E-state index in [4.69, 9.17) is 23.2 Å². The first-order valence-corrected chi connectivity index (χ1v) is 8.21. The molecule has 0 saturated heterocycles. The monoisotopic (exact) mass is 333 g/mol. The van der Waals surface area contributed by atoms with Gasteiger partial charge in [-0.1, -0.05) is 80.0 Å². The minimum absolute atomic E-state index is 0.548. The summed E-state index contributed by atoms with van der Waals surface area (Å²) in [6.45, 7) is 8.39. The Morgan fingerprint density at radius 3 is 2.55 bits per heavy atom. The molecule has 0 heterocycles. The van der Waals surface area contributed by atoms with Crippen molar-refractivity contribution < 1.29 is 0 Å². The van der Waals surface area contributed by atoms with Crippen molar-refractivity contribution in [2.45, 2.75) is 32.6 Å². The number of rotatable bonds is 5. The second-order valence-electron chi connectivity index (χ2n) is 5.68. The van der Waals surface area contributed by atoms with Crippen LogP contribution in [0.25, 0.3) is 6.08 Å². The van der Waals surface area contributed by atoms with Crippen molar-refractivity contribution in [3.63, 3.8) is 0 Å². The normalized spacial score (nSPS) is 15.4. The molecule has 0 saturated carbocycles. The van der Waals surface area contributed by atoms with Gasteiger partial charge in [0.2, 0.25) is 0 Å². The molecule has 1 aromatic carbocycles. The predicted octanol–water partition coefficient (Wildman–Crippen LogP) is 6.29. The number of hydrogen-bond donors (Lipinski definition) is 1. The van der Waals surface area contributed by atoms with Gasteiger partial charge in [-0.2, -0.15) is 0 Å². The van der Waals surface area contributed by atoms with Gasteiger partial charge in [0.05, 0.1) is 10.7 Å². The summed E-state index contributed by atoms with van der Waals surface area (Å²) in [5.74, 6) is 0.548. The lowest BCUT2D eigenvalue weighted by molar-refractivity contribution is 0.866. The van der Waals surface area contributed by atoms with Crippen LogP contribution in [0.15, 0.2) is 64.5 Å². The topological polar surface area (TPSA) is 12.0 Å². The van der Waals surface area contributed by atoms with Crippen LogP contribution >= 0.6 is 23.2 Å². The van der Waals surface area contributed by atoms with Gasteiger partial charge in [0.25, 0.3) is 0 Å². The maximum absolute atomic E-state index is 6.19. The summed E-state index contributed by atoms with van der Waals surface area (Å²) < 4.78 is 0. The van der Waals surface area contributed by atoms with E-state index in [9.17, 15) is 0 Å². The lowest BCUT2D eigenvalue weighted by atomic mass is 10.0. The number of benzene rings is 1. The van der Waals surface area contributed by atoms with Gasteiger partial charge >= 0.3 is 0 Å². The van der Waals surface area contributed by atoms with Crippen molar-refractivity contribution >= 4 is 29.3 Å². The highest BCUT2D eigenvalue weighted by atomic mass is 35.5. The molecule has 0 aromatic heterocycles. The minimum atomic E-state index is 0.548. The van der Waals surface area contributed by atoms with E-state index >= 15 is 0 Å². The van der Waals surface area contributed by atoms with Gasteiger partial charge in [-0.25, -0.2) is 0 Å². The zero-order valence-corrected chi connectivity index (χ0v) is 14.5. The zero-order chi connectivity index (χ0) is 16.1. The highest BCUT2D eigenvalue weighted by Crippen LogP contribution is 2.29. The molecule has 0 spiro atoms. The molecule has 1 aliphatic rings. The van der Waals surface area contributed by atoms with Crippen molar-refractivity contribution in [3.8, 4) is 0 Å². The first-order valence-electron chi connectivity index (χ1n) is 7.46. The Balaban J connectivity index is 1.98. The van der Waals surface area contributed by atoms with Gasteiger partial charge in [-0.15, -0.1) is 0 Å². The fourth-order valence-electron chi connectivity index (χ4n) is 2.20. The van der Waals surface area contributed by atoms with Crippen molar-refractivity contribution in [2.75, 3.05) is 0 Å². The average Bonchev–Trinajstić information content (AvgIpc) is 2.50.